The third kappa shape index (κ3) is 8.29. The summed E-state index contributed by atoms with van der Waals surface area (Å²) in [5.74, 6) is -2.07. The van der Waals surface area contributed by atoms with Crippen molar-refractivity contribution in [3.05, 3.63) is 65.7 Å². The molecule has 4 rings (SSSR count). The second kappa shape index (κ2) is 14.9. The summed E-state index contributed by atoms with van der Waals surface area (Å²) in [5, 5.41) is 23.2. The van der Waals surface area contributed by atoms with Gasteiger partial charge in [-0.3, -0.25) is 24.0 Å². The summed E-state index contributed by atoms with van der Waals surface area (Å²) in [6.07, 6.45) is -2.68. The van der Waals surface area contributed by atoms with Gasteiger partial charge in [-0.1, -0.05) is 56.3 Å². The lowest BCUT2D eigenvalue weighted by Crippen LogP contribution is -2.75. The molecule has 13 heteroatoms. The summed E-state index contributed by atoms with van der Waals surface area (Å²) in [6.45, 7) is 3.84. The molecule has 5 N–H and O–H groups in total. The molecule has 2 aromatic rings. The highest BCUT2D eigenvalue weighted by molar-refractivity contribution is 5.95. The Morgan fingerprint density at radius 3 is 2.33 bits per heavy atom. The maximum atomic E-state index is 14.1. The zero-order valence-corrected chi connectivity index (χ0v) is 25.5. The Morgan fingerprint density at radius 1 is 1.02 bits per heavy atom. The quantitative estimate of drug-likeness (QED) is 0.244. The number of nitrogens with two attached hydrogens (primary N) is 1. The molecule has 0 radical (unpaired) electrons. The average Bonchev–Trinajstić information content (AvgIpc) is 3.00. The first-order valence-corrected chi connectivity index (χ1v) is 15.2. The molecule has 0 aromatic heterocycles. The molecule has 1 unspecified atom stereocenters. The fraction of sp³-hybridized carbons (Fsp3) is 0.469. The van der Waals surface area contributed by atoms with Gasteiger partial charge in [-0.2, -0.15) is 5.06 Å². The summed E-state index contributed by atoms with van der Waals surface area (Å²) in [7, 11) is 0. The number of nitrogens with one attached hydrogen (secondary N) is 1. The Hall–Kier alpha value is -4.65. The maximum absolute atomic E-state index is 14.1. The number of phenolic OH excluding ortho intramolecular Hbond substituents is 1. The molecule has 4 atom stereocenters. The molecule has 2 aliphatic heterocycles. The van der Waals surface area contributed by atoms with Gasteiger partial charge < -0.3 is 31.1 Å². The first-order chi connectivity index (χ1) is 21.5. The molecule has 0 bridgehead atoms. The number of fused-ring (bicyclic) bond motifs is 1. The molecule has 0 aliphatic carbocycles. The fourth-order valence-electron chi connectivity index (χ4n) is 5.83. The number of aromatic hydroxyl groups is 1. The van der Waals surface area contributed by atoms with Gasteiger partial charge in [-0.15, -0.1) is 0 Å². The van der Waals surface area contributed by atoms with E-state index in [1.807, 2.05) is 19.9 Å². The topological polar surface area (TPSA) is 183 Å². The van der Waals surface area contributed by atoms with Crippen LogP contribution in [0.25, 0.3) is 0 Å². The molecular formula is C32H41N5O8. The number of hydrogen-bond donors (Lipinski definition) is 4. The number of hydrogen-bond acceptors (Lipinski definition) is 7. The van der Waals surface area contributed by atoms with Gasteiger partial charge in [0.05, 0.1) is 6.54 Å². The predicted octanol–water partition coefficient (Wildman–Crippen LogP) is 2.02. The van der Waals surface area contributed by atoms with Crippen LogP contribution in [0.2, 0.25) is 0 Å². The number of carbonyl (C=O) groups excluding carboxylic acids is 4. The summed E-state index contributed by atoms with van der Waals surface area (Å²) >= 11 is 0. The third-order valence-corrected chi connectivity index (χ3v) is 7.99. The number of primary amides is 1. The van der Waals surface area contributed by atoms with Crippen LogP contribution in [-0.4, -0.2) is 92.2 Å². The minimum atomic E-state index is -1.46. The Balaban J connectivity index is 1.58. The summed E-state index contributed by atoms with van der Waals surface area (Å²) < 4.78 is 0. The molecular weight excluding hydrogens is 582 g/mol. The van der Waals surface area contributed by atoms with E-state index in [0.29, 0.717) is 24.4 Å². The van der Waals surface area contributed by atoms with Gasteiger partial charge in [0.25, 0.3) is 5.91 Å². The molecule has 5 amide bonds. The summed E-state index contributed by atoms with van der Waals surface area (Å²) in [4.78, 5) is 74.0. The lowest BCUT2D eigenvalue weighted by molar-refractivity contribution is -0.265. The molecule has 0 saturated carbocycles. The SMILES string of the molecule is CC(C)C[C@@H](C(=O)NCCCc1ccc(O)cc1)N1CC2N(C(=O)O)O[C@H](Cc3ccccc3)C(=O)N2[C@@H](CCC(N)=O)C1=O. The lowest BCUT2D eigenvalue weighted by atomic mass is 9.95. The molecule has 2 fully saturated rings. The van der Waals surface area contributed by atoms with E-state index in [9.17, 15) is 34.2 Å². The van der Waals surface area contributed by atoms with E-state index in [1.165, 1.54) is 9.80 Å². The monoisotopic (exact) mass is 623 g/mol. The van der Waals surface area contributed by atoms with E-state index in [-0.39, 0.29) is 43.9 Å². The molecule has 2 aliphatic rings. The van der Waals surface area contributed by atoms with E-state index in [1.54, 1.807) is 48.5 Å². The van der Waals surface area contributed by atoms with Crippen molar-refractivity contribution in [1.82, 2.24) is 20.2 Å². The maximum Gasteiger partial charge on any atom is 0.433 e. The van der Waals surface area contributed by atoms with Crippen LogP contribution in [0.15, 0.2) is 54.6 Å². The molecule has 45 heavy (non-hydrogen) atoms. The lowest BCUT2D eigenvalue weighted by Gasteiger charge is -2.53. The van der Waals surface area contributed by atoms with Gasteiger partial charge in [0, 0.05) is 19.4 Å². The number of hydroxylamine groups is 2. The highest BCUT2D eigenvalue weighted by atomic mass is 16.7. The van der Waals surface area contributed by atoms with E-state index < -0.39 is 54.1 Å². The van der Waals surface area contributed by atoms with Crippen molar-refractivity contribution in [2.75, 3.05) is 13.1 Å². The van der Waals surface area contributed by atoms with Gasteiger partial charge in [-0.25, -0.2) is 4.79 Å². The molecule has 13 nitrogen and oxygen atoms in total. The van der Waals surface area contributed by atoms with Crippen LogP contribution in [0, 0.1) is 5.92 Å². The van der Waals surface area contributed by atoms with Crippen molar-refractivity contribution in [3.8, 4) is 5.75 Å². The van der Waals surface area contributed by atoms with E-state index >= 15 is 0 Å². The van der Waals surface area contributed by atoms with Crippen molar-refractivity contribution in [1.29, 1.82) is 0 Å². The average molecular weight is 624 g/mol. The molecule has 2 saturated heterocycles. The van der Waals surface area contributed by atoms with Crippen molar-refractivity contribution in [3.63, 3.8) is 0 Å². The molecule has 2 heterocycles. The highest BCUT2D eigenvalue weighted by Gasteiger charge is 2.54. The van der Waals surface area contributed by atoms with Crippen LogP contribution < -0.4 is 11.1 Å². The molecule has 242 valence electrons. The number of phenols is 1. The third-order valence-electron chi connectivity index (χ3n) is 7.99. The first kappa shape index (κ1) is 33.2. The van der Waals surface area contributed by atoms with Crippen LogP contribution in [-0.2, 0) is 36.9 Å². The predicted molar refractivity (Wildman–Crippen MR) is 162 cm³/mol. The van der Waals surface area contributed by atoms with Gasteiger partial charge in [-0.05, 0) is 54.9 Å². The van der Waals surface area contributed by atoms with Crippen molar-refractivity contribution >= 4 is 29.7 Å². The Morgan fingerprint density at radius 2 is 1.71 bits per heavy atom. The fourth-order valence-corrected chi connectivity index (χ4v) is 5.83. The largest absolute Gasteiger partial charge is 0.508 e. The number of carboxylic acid groups (broad SMARTS) is 1. The highest BCUT2D eigenvalue weighted by Crippen LogP contribution is 2.32. The van der Waals surface area contributed by atoms with Crippen LogP contribution in [0.1, 0.15) is 50.7 Å². The summed E-state index contributed by atoms with van der Waals surface area (Å²) in [5.41, 5.74) is 7.14. The van der Waals surface area contributed by atoms with Gasteiger partial charge in [0.2, 0.25) is 17.7 Å². The van der Waals surface area contributed by atoms with Crippen molar-refractivity contribution in [2.24, 2.45) is 11.7 Å². The normalized spacial score (nSPS) is 20.6. The summed E-state index contributed by atoms with van der Waals surface area (Å²) in [6, 6.07) is 13.5. The minimum absolute atomic E-state index is 0.0114. The van der Waals surface area contributed by atoms with E-state index in [0.717, 1.165) is 11.1 Å². The molecule has 2 aromatic carbocycles. The van der Waals surface area contributed by atoms with E-state index in [4.69, 9.17) is 10.6 Å². The number of rotatable bonds is 13. The number of benzene rings is 2. The van der Waals surface area contributed by atoms with Crippen LogP contribution >= 0.6 is 0 Å². The second-order valence-corrected chi connectivity index (χ2v) is 11.8. The number of amides is 5. The molecule has 0 spiro atoms. The zero-order chi connectivity index (χ0) is 32.7. The Labute approximate surface area is 261 Å². The van der Waals surface area contributed by atoms with Gasteiger partial charge in [0.15, 0.2) is 12.3 Å². The first-order valence-electron chi connectivity index (χ1n) is 15.2. The number of aryl methyl sites for hydroxylation is 1. The number of piperazine rings is 1. The second-order valence-electron chi connectivity index (χ2n) is 11.8. The van der Waals surface area contributed by atoms with Crippen molar-refractivity contribution < 1.29 is 39.0 Å². The van der Waals surface area contributed by atoms with Crippen molar-refractivity contribution in [2.45, 2.75) is 76.7 Å². The Kier molecular flexibility index (Phi) is 11.0. The van der Waals surface area contributed by atoms with Crippen LogP contribution in [0.5, 0.6) is 5.75 Å². The zero-order valence-electron chi connectivity index (χ0n) is 25.5. The number of nitrogens with zero attached hydrogens (tertiary/aromatic N) is 3. The van der Waals surface area contributed by atoms with Crippen LogP contribution in [0.4, 0.5) is 4.79 Å². The van der Waals surface area contributed by atoms with Gasteiger partial charge >= 0.3 is 6.09 Å². The smallest absolute Gasteiger partial charge is 0.433 e. The minimum Gasteiger partial charge on any atom is -0.508 e. The van der Waals surface area contributed by atoms with Gasteiger partial charge in [0.1, 0.15) is 17.8 Å². The number of carbonyl (C=O) groups is 5. The Bertz CT molecular complexity index is 1370. The van der Waals surface area contributed by atoms with Crippen LogP contribution in [0.3, 0.4) is 0 Å². The standard InChI is InChI=1S/C32H41N5O8/c1-20(2)17-25(29(40)34-16-6-9-21-10-12-23(38)13-11-21)35-19-28-36(24(30(35)41)14-15-27(33)39)31(42)26(45-37(28)32(43)44)18-22-7-4-3-5-8-22/h3-5,7-8,10-13,20,24-26,28,38H,6,9,14-19H2,1-2H3,(H2,33,39)(H,34,40)(H,43,44)/t24-,25-,26+,28?/m0/s1. The van der Waals surface area contributed by atoms with E-state index in [2.05, 4.69) is 5.32 Å².